The highest BCUT2D eigenvalue weighted by Gasteiger charge is 2.35. The van der Waals surface area contributed by atoms with Crippen LogP contribution in [-0.2, 0) is 0 Å². The van der Waals surface area contributed by atoms with E-state index in [4.69, 9.17) is 34.0 Å². The Hall–Kier alpha value is -5.18. The summed E-state index contributed by atoms with van der Waals surface area (Å²) < 4.78 is 25.1. The standard InChI is InChI=1S/C30H23N5O4/c1-36-22-6-4-5-20-19(22)8-9-21-25(18-7-10-23(37-2)24(15-18)38-3)26-29-33-28(17-11-13-31-14-12-17)34-35(29)16-32-30(26)39-27(20)21/h4-16,25H,1-3H3/t25-/m1/s1. The molecule has 0 bridgehead atoms. The first-order valence-corrected chi connectivity index (χ1v) is 12.3. The molecule has 9 nitrogen and oxygen atoms in total. The van der Waals surface area contributed by atoms with Crippen LogP contribution < -0.4 is 18.9 Å². The Bertz CT molecular complexity index is 1870. The van der Waals surface area contributed by atoms with Gasteiger partial charge in [0.15, 0.2) is 23.0 Å². The largest absolute Gasteiger partial charge is 0.496 e. The summed E-state index contributed by atoms with van der Waals surface area (Å²) in [7, 11) is 4.92. The number of fused-ring (bicyclic) bond motifs is 6. The maximum absolute atomic E-state index is 6.55. The molecule has 1 atom stereocenters. The van der Waals surface area contributed by atoms with E-state index in [1.165, 1.54) is 0 Å². The Morgan fingerprint density at radius 3 is 2.44 bits per heavy atom. The van der Waals surface area contributed by atoms with Gasteiger partial charge in [-0.25, -0.2) is 14.5 Å². The number of hydrogen-bond acceptors (Lipinski definition) is 8. The van der Waals surface area contributed by atoms with Gasteiger partial charge in [0, 0.05) is 40.2 Å². The summed E-state index contributed by atoms with van der Waals surface area (Å²) in [5.74, 6) is 3.55. The van der Waals surface area contributed by atoms with E-state index in [1.807, 2.05) is 48.5 Å². The van der Waals surface area contributed by atoms with Gasteiger partial charge in [-0.3, -0.25) is 4.98 Å². The van der Waals surface area contributed by atoms with Gasteiger partial charge in [-0.1, -0.05) is 30.3 Å². The van der Waals surface area contributed by atoms with Crippen molar-refractivity contribution >= 4 is 16.4 Å². The Balaban J connectivity index is 1.52. The van der Waals surface area contributed by atoms with Gasteiger partial charge in [-0.2, -0.15) is 0 Å². The molecule has 1 aliphatic rings. The quantitative estimate of drug-likeness (QED) is 0.289. The van der Waals surface area contributed by atoms with E-state index in [0.29, 0.717) is 28.9 Å². The fourth-order valence-corrected chi connectivity index (χ4v) is 5.29. The van der Waals surface area contributed by atoms with Crippen molar-refractivity contribution in [3.05, 3.63) is 96.1 Å². The molecule has 1 aliphatic heterocycles. The molecular formula is C30H23N5O4. The topological polar surface area (TPSA) is 92.9 Å². The van der Waals surface area contributed by atoms with E-state index in [9.17, 15) is 0 Å². The number of hydrogen-bond donors (Lipinski definition) is 0. The van der Waals surface area contributed by atoms with Crippen molar-refractivity contribution in [2.45, 2.75) is 5.92 Å². The van der Waals surface area contributed by atoms with Gasteiger partial charge in [0.2, 0.25) is 5.88 Å². The Labute approximate surface area is 223 Å². The fraction of sp³-hybridized carbons (Fsp3) is 0.133. The third-order valence-electron chi connectivity index (χ3n) is 7.09. The molecule has 3 aromatic carbocycles. The molecule has 7 rings (SSSR count). The lowest BCUT2D eigenvalue weighted by atomic mass is 9.82. The van der Waals surface area contributed by atoms with Gasteiger partial charge in [-0.15, -0.1) is 5.10 Å². The lowest BCUT2D eigenvalue weighted by molar-refractivity contribution is 0.354. The molecule has 6 aromatic rings. The highest BCUT2D eigenvalue weighted by Crippen LogP contribution is 2.51. The molecule has 0 amide bonds. The molecule has 192 valence electrons. The summed E-state index contributed by atoms with van der Waals surface area (Å²) in [5, 5.41) is 6.60. The molecule has 0 saturated carbocycles. The molecule has 0 fully saturated rings. The highest BCUT2D eigenvalue weighted by molar-refractivity contribution is 5.95. The van der Waals surface area contributed by atoms with Crippen molar-refractivity contribution in [2.24, 2.45) is 0 Å². The monoisotopic (exact) mass is 517 g/mol. The van der Waals surface area contributed by atoms with Crippen molar-refractivity contribution in [3.63, 3.8) is 0 Å². The first kappa shape index (κ1) is 23.0. The fourth-order valence-electron chi connectivity index (χ4n) is 5.29. The zero-order valence-electron chi connectivity index (χ0n) is 21.5. The van der Waals surface area contributed by atoms with E-state index in [2.05, 4.69) is 17.1 Å². The van der Waals surface area contributed by atoms with Crippen LogP contribution in [0.15, 0.2) is 79.4 Å². The molecule has 0 aliphatic carbocycles. The molecule has 0 unspecified atom stereocenters. The zero-order valence-corrected chi connectivity index (χ0v) is 21.5. The second-order valence-electron chi connectivity index (χ2n) is 9.09. The average molecular weight is 518 g/mol. The number of pyridine rings is 1. The zero-order chi connectivity index (χ0) is 26.5. The number of rotatable bonds is 5. The number of nitrogens with zero attached hydrogens (tertiary/aromatic N) is 5. The summed E-state index contributed by atoms with van der Waals surface area (Å²) in [6.45, 7) is 0. The SMILES string of the molecule is COc1ccc([C@@H]2c3ccc4c(OC)cccc4c3Oc3ncn4nc(-c5ccncc5)nc4c32)cc1OC. The smallest absolute Gasteiger partial charge is 0.228 e. The maximum atomic E-state index is 6.55. The normalized spacial score (nSPS) is 14.0. The van der Waals surface area contributed by atoms with Gasteiger partial charge in [0.25, 0.3) is 0 Å². The van der Waals surface area contributed by atoms with Gasteiger partial charge >= 0.3 is 0 Å². The number of ether oxygens (including phenoxy) is 4. The Morgan fingerprint density at radius 2 is 1.64 bits per heavy atom. The van der Waals surface area contributed by atoms with Crippen LogP contribution in [0.1, 0.15) is 22.6 Å². The molecule has 0 radical (unpaired) electrons. The summed E-state index contributed by atoms with van der Waals surface area (Å²) in [6.07, 6.45) is 5.08. The van der Waals surface area contributed by atoms with E-state index >= 15 is 0 Å². The van der Waals surface area contributed by atoms with Crippen molar-refractivity contribution in [3.8, 4) is 40.3 Å². The summed E-state index contributed by atoms with van der Waals surface area (Å²) in [6, 6.07) is 19.8. The van der Waals surface area contributed by atoms with Crippen LogP contribution in [0.3, 0.4) is 0 Å². The van der Waals surface area contributed by atoms with Gasteiger partial charge in [0.1, 0.15) is 17.8 Å². The molecule has 3 aromatic heterocycles. The maximum Gasteiger partial charge on any atom is 0.228 e. The van der Waals surface area contributed by atoms with Crippen LogP contribution in [0.5, 0.6) is 28.9 Å². The minimum absolute atomic E-state index is 0.273. The van der Waals surface area contributed by atoms with E-state index in [0.717, 1.165) is 44.5 Å². The van der Waals surface area contributed by atoms with Crippen LogP contribution in [0, 0.1) is 0 Å². The number of methoxy groups -OCH3 is 3. The summed E-state index contributed by atoms with van der Waals surface area (Å²) >= 11 is 0. The molecule has 39 heavy (non-hydrogen) atoms. The first-order valence-electron chi connectivity index (χ1n) is 12.3. The van der Waals surface area contributed by atoms with Crippen LogP contribution in [-0.4, -0.2) is 45.9 Å². The van der Waals surface area contributed by atoms with Crippen molar-refractivity contribution in [2.75, 3.05) is 21.3 Å². The summed E-state index contributed by atoms with van der Waals surface area (Å²) in [4.78, 5) is 13.7. The average Bonchev–Trinajstić information content (AvgIpc) is 3.44. The van der Waals surface area contributed by atoms with Crippen molar-refractivity contribution in [1.29, 1.82) is 0 Å². The molecular weight excluding hydrogens is 494 g/mol. The number of aromatic nitrogens is 5. The summed E-state index contributed by atoms with van der Waals surface area (Å²) in [5.41, 5.74) is 4.28. The highest BCUT2D eigenvalue weighted by atomic mass is 16.5. The molecule has 9 heteroatoms. The van der Waals surface area contributed by atoms with Crippen LogP contribution in [0.4, 0.5) is 0 Å². The predicted octanol–water partition coefficient (Wildman–Crippen LogP) is 5.65. The minimum atomic E-state index is -0.273. The van der Waals surface area contributed by atoms with Crippen LogP contribution in [0.25, 0.3) is 27.8 Å². The van der Waals surface area contributed by atoms with Gasteiger partial charge < -0.3 is 18.9 Å². The Kier molecular flexibility index (Phi) is 5.29. The van der Waals surface area contributed by atoms with E-state index in [-0.39, 0.29) is 5.92 Å². The molecule has 0 spiro atoms. The van der Waals surface area contributed by atoms with Crippen LogP contribution >= 0.6 is 0 Å². The van der Waals surface area contributed by atoms with Gasteiger partial charge in [0.05, 0.1) is 26.9 Å². The van der Waals surface area contributed by atoms with Gasteiger partial charge in [-0.05, 0) is 35.9 Å². The predicted molar refractivity (Wildman–Crippen MR) is 145 cm³/mol. The minimum Gasteiger partial charge on any atom is -0.496 e. The Morgan fingerprint density at radius 1 is 0.821 bits per heavy atom. The van der Waals surface area contributed by atoms with Crippen molar-refractivity contribution < 1.29 is 18.9 Å². The van der Waals surface area contributed by atoms with Crippen molar-refractivity contribution in [1.82, 2.24) is 24.6 Å². The molecule has 4 heterocycles. The van der Waals surface area contributed by atoms with E-state index < -0.39 is 0 Å². The first-order chi connectivity index (χ1) is 19.2. The third-order valence-corrected chi connectivity index (χ3v) is 7.09. The second kappa shape index (κ2) is 8.98. The lowest BCUT2D eigenvalue weighted by Gasteiger charge is -2.29. The second-order valence-corrected chi connectivity index (χ2v) is 9.09. The lowest BCUT2D eigenvalue weighted by Crippen LogP contribution is -2.15. The number of benzene rings is 3. The molecule has 0 saturated heterocycles. The van der Waals surface area contributed by atoms with E-state index in [1.54, 1.807) is 44.6 Å². The molecule has 0 N–H and O–H groups in total. The van der Waals surface area contributed by atoms with Crippen LogP contribution in [0.2, 0.25) is 0 Å². The third kappa shape index (κ3) is 3.54.